The maximum atomic E-state index is 13.8. The standard InChI is InChI=1S/C13H6F4N2S/c14-6-4-5-8(11(17)10(6)16)19-9-3-1-2-7(15)12(9)18-13(19)20/h1-5H,(H,18,20). The van der Waals surface area contributed by atoms with E-state index in [1.807, 2.05) is 0 Å². The average molecular weight is 298 g/mol. The highest BCUT2D eigenvalue weighted by atomic mass is 32.1. The largest absolute Gasteiger partial charge is 0.328 e. The van der Waals surface area contributed by atoms with E-state index in [0.717, 1.165) is 16.7 Å². The second kappa shape index (κ2) is 4.45. The molecule has 0 spiro atoms. The first-order valence-electron chi connectivity index (χ1n) is 5.54. The molecule has 0 aliphatic rings. The van der Waals surface area contributed by atoms with E-state index in [-0.39, 0.29) is 21.5 Å². The van der Waals surface area contributed by atoms with Crippen molar-refractivity contribution in [3.63, 3.8) is 0 Å². The first-order chi connectivity index (χ1) is 9.50. The zero-order valence-corrected chi connectivity index (χ0v) is 10.6. The second-order valence-corrected chi connectivity index (χ2v) is 4.48. The van der Waals surface area contributed by atoms with Crippen LogP contribution in [0.15, 0.2) is 30.3 Å². The Labute approximate surface area is 115 Å². The van der Waals surface area contributed by atoms with Crippen LogP contribution in [0.4, 0.5) is 17.6 Å². The Morgan fingerprint density at radius 3 is 2.40 bits per heavy atom. The van der Waals surface area contributed by atoms with Crippen molar-refractivity contribution in [2.45, 2.75) is 0 Å². The fourth-order valence-corrected chi connectivity index (χ4v) is 2.32. The maximum Gasteiger partial charge on any atom is 0.196 e. The molecule has 2 aromatic carbocycles. The van der Waals surface area contributed by atoms with Gasteiger partial charge in [-0.15, -0.1) is 0 Å². The second-order valence-electron chi connectivity index (χ2n) is 4.09. The third kappa shape index (κ3) is 1.74. The van der Waals surface area contributed by atoms with Crippen molar-refractivity contribution in [2.75, 3.05) is 0 Å². The summed E-state index contributed by atoms with van der Waals surface area (Å²) in [4.78, 5) is 2.58. The molecule has 0 fully saturated rings. The van der Waals surface area contributed by atoms with Crippen LogP contribution in [0.2, 0.25) is 0 Å². The molecular formula is C13H6F4N2S. The van der Waals surface area contributed by atoms with Crippen LogP contribution >= 0.6 is 12.2 Å². The van der Waals surface area contributed by atoms with Crippen LogP contribution in [0.3, 0.4) is 0 Å². The van der Waals surface area contributed by atoms with Crippen molar-refractivity contribution in [2.24, 2.45) is 0 Å². The molecule has 0 unspecified atom stereocenters. The van der Waals surface area contributed by atoms with Crippen LogP contribution in [0.1, 0.15) is 0 Å². The normalized spacial score (nSPS) is 11.2. The van der Waals surface area contributed by atoms with E-state index < -0.39 is 23.3 Å². The highest BCUT2D eigenvalue weighted by Gasteiger charge is 2.18. The van der Waals surface area contributed by atoms with Crippen LogP contribution < -0.4 is 0 Å². The number of nitrogens with one attached hydrogen (secondary N) is 1. The van der Waals surface area contributed by atoms with Gasteiger partial charge in [0.25, 0.3) is 0 Å². The predicted molar refractivity (Wildman–Crippen MR) is 68.3 cm³/mol. The predicted octanol–water partition coefficient (Wildman–Crippen LogP) is 4.24. The van der Waals surface area contributed by atoms with Gasteiger partial charge in [0.2, 0.25) is 0 Å². The minimum absolute atomic E-state index is 0.0185. The summed E-state index contributed by atoms with van der Waals surface area (Å²) in [7, 11) is 0. The van der Waals surface area contributed by atoms with Gasteiger partial charge in [-0.3, -0.25) is 4.57 Å². The van der Waals surface area contributed by atoms with Gasteiger partial charge in [-0.2, -0.15) is 0 Å². The van der Waals surface area contributed by atoms with E-state index >= 15 is 0 Å². The molecule has 20 heavy (non-hydrogen) atoms. The van der Waals surface area contributed by atoms with Crippen molar-refractivity contribution in [3.05, 3.63) is 58.4 Å². The lowest BCUT2D eigenvalue weighted by Crippen LogP contribution is -2.02. The van der Waals surface area contributed by atoms with Gasteiger partial charge < -0.3 is 4.98 Å². The molecule has 0 saturated heterocycles. The highest BCUT2D eigenvalue weighted by Crippen LogP contribution is 2.25. The number of hydrogen-bond donors (Lipinski definition) is 1. The first kappa shape index (κ1) is 12.9. The van der Waals surface area contributed by atoms with Gasteiger partial charge in [-0.05, 0) is 36.5 Å². The highest BCUT2D eigenvalue weighted by molar-refractivity contribution is 7.71. The Morgan fingerprint density at radius 2 is 1.65 bits per heavy atom. The van der Waals surface area contributed by atoms with Crippen LogP contribution in [0.25, 0.3) is 16.7 Å². The van der Waals surface area contributed by atoms with Gasteiger partial charge in [0.05, 0.1) is 11.2 Å². The molecule has 7 heteroatoms. The summed E-state index contributed by atoms with van der Waals surface area (Å²) in [5.41, 5.74) is 0.0206. The summed E-state index contributed by atoms with van der Waals surface area (Å²) < 4.78 is 54.8. The molecule has 0 aliphatic heterocycles. The molecule has 1 aromatic heterocycles. The van der Waals surface area contributed by atoms with Crippen LogP contribution in [0.5, 0.6) is 0 Å². The Kier molecular flexibility index (Phi) is 2.86. The van der Waals surface area contributed by atoms with E-state index in [1.54, 1.807) is 0 Å². The Morgan fingerprint density at radius 1 is 0.900 bits per heavy atom. The average Bonchev–Trinajstić information content (AvgIpc) is 2.75. The number of halogens is 4. The zero-order chi connectivity index (χ0) is 14.4. The fourth-order valence-electron chi connectivity index (χ4n) is 2.02. The lowest BCUT2D eigenvalue weighted by Gasteiger charge is -2.07. The monoisotopic (exact) mass is 298 g/mol. The van der Waals surface area contributed by atoms with Gasteiger partial charge in [0, 0.05) is 0 Å². The molecule has 3 aromatic rings. The molecule has 2 nitrogen and oxygen atoms in total. The molecule has 0 bridgehead atoms. The van der Waals surface area contributed by atoms with Crippen LogP contribution in [-0.2, 0) is 0 Å². The molecule has 0 radical (unpaired) electrons. The number of H-pyrrole nitrogens is 1. The van der Waals surface area contributed by atoms with Crippen molar-refractivity contribution < 1.29 is 17.6 Å². The van der Waals surface area contributed by atoms with Gasteiger partial charge in [-0.1, -0.05) is 6.07 Å². The number of hydrogen-bond acceptors (Lipinski definition) is 1. The summed E-state index contributed by atoms with van der Waals surface area (Å²) in [5.74, 6) is -4.86. The van der Waals surface area contributed by atoms with Crippen LogP contribution in [-0.4, -0.2) is 9.55 Å². The molecule has 0 saturated carbocycles. The van der Waals surface area contributed by atoms with Crippen molar-refractivity contribution in [1.82, 2.24) is 9.55 Å². The number of benzene rings is 2. The SMILES string of the molecule is Fc1ccc(-n2c(=S)[nH]c3c(F)cccc32)c(F)c1F. The Bertz CT molecular complexity index is 882. The molecule has 0 aliphatic carbocycles. The summed E-state index contributed by atoms with van der Waals surface area (Å²) in [6.45, 7) is 0. The summed E-state index contributed by atoms with van der Waals surface area (Å²) in [6, 6.07) is 5.94. The number of imidazole rings is 1. The number of fused-ring (bicyclic) bond motifs is 1. The number of rotatable bonds is 1. The third-order valence-electron chi connectivity index (χ3n) is 2.92. The third-order valence-corrected chi connectivity index (χ3v) is 3.21. The number of aromatic nitrogens is 2. The Hall–Kier alpha value is -2.15. The van der Waals surface area contributed by atoms with E-state index in [9.17, 15) is 17.6 Å². The molecule has 102 valence electrons. The number of nitrogens with zero attached hydrogens (tertiary/aromatic N) is 1. The summed E-state index contributed by atoms with van der Waals surface area (Å²) in [6.07, 6.45) is 0. The molecule has 0 atom stereocenters. The zero-order valence-electron chi connectivity index (χ0n) is 9.75. The van der Waals surface area contributed by atoms with Gasteiger partial charge >= 0.3 is 0 Å². The molecular weight excluding hydrogens is 292 g/mol. The van der Waals surface area contributed by atoms with Gasteiger partial charge in [0.1, 0.15) is 11.3 Å². The quantitative estimate of drug-likeness (QED) is 0.405. The van der Waals surface area contributed by atoms with Crippen molar-refractivity contribution >= 4 is 23.3 Å². The van der Waals surface area contributed by atoms with E-state index in [1.165, 1.54) is 18.2 Å². The van der Waals surface area contributed by atoms with E-state index in [0.29, 0.717) is 0 Å². The number of para-hydroxylation sites is 1. The minimum atomic E-state index is -1.60. The summed E-state index contributed by atoms with van der Waals surface area (Å²) in [5, 5.41) is 0. The topological polar surface area (TPSA) is 20.7 Å². The van der Waals surface area contributed by atoms with Crippen LogP contribution in [0, 0.1) is 28.0 Å². The maximum absolute atomic E-state index is 13.8. The smallest absolute Gasteiger partial charge is 0.196 e. The lowest BCUT2D eigenvalue weighted by molar-refractivity contribution is 0.445. The minimum Gasteiger partial charge on any atom is -0.328 e. The summed E-state index contributed by atoms with van der Waals surface area (Å²) >= 11 is 4.99. The van der Waals surface area contributed by atoms with Crippen molar-refractivity contribution in [3.8, 4) is 5.69 Å². The molecule has 3 rings (SSSR count). The molecule has 1 heterocycles. The first-order valence-corrected chi connectivity index (χ1v) is 5.94. The Balaban J connectivity index is 2.42. The van der Waals surface area contributed by atoms with Gasteiger partial charge in [0.15, 0.2) is 22.2 Å². The molecule has 0 amide bonds. The number of aromatic amines is 1. The fraction of sp³-hybridized carbons (Fsp3) is 0. The molecule has 1 N–H and O–H groups in total. The van der Waals surface area contributed by atoms with Crippen molar-refractivity contribution in [1.29, 1.82) is 0 Å². The van der Waals surface area contributed by atoms with Gasteiger partial charge in [-0.25, -0.2) is 17.6 Å². The van der Waals surface area contributed by atoms with E-state index in [4.69, 9.17) is 12.2 Å². The lowest BCUT2D eigenvalue weighted by atomic mass is 10.2. The van der Waals surface area contributed by atoms with E-state index in [2.05, 4.69) is 4.98 Å².